The fraction of sp³-hybridized carbons (Fsp3) is 1.00. The Morgan fingerprint density at radius 2 is 2.00 bits per heavy atom. The molecule has 5 nitrogen and oxygen atoms in total. The van der Waals surface area contributed by atoms with Crippen molar-refractivity contribution in [1.82, 2.24) is 0 Å². The summed E-state index contributed by atoms with van der Waals surface area (Å²) in [6.07, 6.45) is -2.23. The fourth-order valence-electron chi connectivity index (χ4n) is 1.93. The van der Waals surface area contributed by atoms with Crippen molar-refractivity contribution in [3.8, 4) is 0 Å². The molecular formula is C8H15BO5. The lowest BCUT2D eigenvalue weighted by molar-refractivity contribution is -0.145. The molecule has 0 saturated carbocycles. The molecule has 0 amide bonds. The predicted octanol–water partition coefficient (Wildman–Crippen LogP) is -0.624. The van der Waals surface area contributed by atoms with E-state index in [9.17, 15) is 10.2 Å². The molecule has 0 radical (unpaired) electrons. The van der Waals surface area contributed by atoms with Gasteiger partial charge in [-0.3, -0.25) is 0 Å². The third-order valence-electron chi connectivity index (χ3n) is 2.65. The summed E-state index contributed by atoms with van der Waals surface area (Å²) >= 11 is 0. The van der Waals surface area contributed by atoms with Crippen LogP contribution in [0.15, 0.2) is 0 Å². The molecule has 0 spiro atoms. The summed E-state index contributed by atoms with van der Waals surface area (Å²) in [5.41, 5.74) is 0. The molecule has 0 aromatic heterocycles. The van der Waals surface area contributed by atoms with Gasteiger partial charge in [-0.1, -0.05) is 6.92 Å². The lowest BCUT2D eigenvalue weighted by Gasteiger charge is -2.19. The van der Waals surface area contributed by atoms with Crippen molar-refractivity contribution >= 4 is 7.12 Å². The summed E-state index contributed by atoms with van der Waals surface area (Å²) in [4.78, 5) is 0. The first-order chi connectivity index (χ1) is 6.63. The van der Waals surface area contributed by atoms with E-state index in [4.69, 9.17) is 14.0 Å². The van der Waals surface area contributed by atoms with E-state index in [1.807, 2.05) is 6.92 Å². The molecule has 2 N–H and O–H groups in total. The van der Waals surface area contributed by atoms with E-state index in [-0.39, 0.29) is 13.2 Å². The summed E-state index contributed by atoms with van der Waals surface area (Å²) < 4.78 is 16.1. The van der Waals surface area contributed by atoms with Gasteiger partial charge < -0.3 is 24.3 Å². The molecule has 0 bridgehead atoms. The third-order valence-corrected chi connectivity index (χ3v) is 2.65. The molecule has 14 heavy (non-hydrogen) atoms. The maximum atomic E-state index is 9.49. The Balaban J connectivity index is 2.06. The van der Waals surface area contributed by atoms with Crippen molar-refractivity contribution in [1.29, 1.82) is 0 Å². The van der Waals surface area contributed by atoms with Crippen LogP contribution in [0.5, 0.6) is 0 Å². The summed E-state index contributed by atoms with van der Waals surface area (Å²) in [6.45, 7) is 3.55. The highest BCUT2D eigenvalue weighted by Gasteiger charge is 2.54. The number of hydrogen-bond acceptors (Lipinski definition) is 5. The van der Waals surface area contributed by atoms with Gasteiger partial charge in [0.1, 0.15) is 18.3 Å². The Bertz CT molecular complexity index is 212. The first-order valence-electron chi connectivity index (χ1n) is 4.96. The van der Waals surface area contributed by atoms with Gasteiger partial charge in [0.2, 0.25) is 0 Å². The highest BCUT2D eigenvalue weighted by atomic mass is 16.7. The van der Waals surface area contributed by atoms with Gasteiger partial charge in [-0.25, -0.2) is 0 Å². The van der Waals surface area contributed by atoms with Gasteiger partial charge in [-0.05, 0) is 13.2 Å². The molecule has 2 heterocycles. The zero-order valence-corrected chi connectivity index (χ0v) is 8.29. The Labute approximate surface area is 83.1 Å². The van der Waals surface area contributed by atoms with Gasteiger partial charge in [0.25, 0.3) is 0 Å². The monoisotopic (exact) mass is 202 g/mol. The van der Waals surface area contributed by atoms with Crippen LogP contribution >= 0.6 is 0 Å². The number of ether oxygens (including phenoxy) is 1. The van der Waals surface area contributed by atoms with E-state index in [0.29, 0.717) is 0 Å². The van der Waals surface area contributed by atoms with Crippen molar-refractivity contribution in [2.45, 2.75) is 50.9 Å². The summed E-state index contributed by atoms with van der Waals surface area (Å²) in [5.74, 6) is 0. The topological polar surface area (TPSA) is 68.2 Å². The van der Waals surface area contributed by atoms with Crippen LogP contribution in [0.2, 0.25) is 6.32 Å². The molecule has 5 atom stereocenters. The predicted molar refractivity (Wildman–Crippen MR) is 48.5 cm³/mol. The zero-order valence-electron chi connectivity index (χ0n) is 8.29. The van der Waals surface area contributed by atoms with Crippen molar-refractivity contribution in [2.24, 2.45) is 0 Å². The van der Waals surface area contributed by atoms with Crippen LogP contribution in [0.25, 0.3) is 0 Å². The van der Waals surface area contributed by atoms with Crippen molar-refractivity contribution in [3.63, 3.8) is 0 Å². The number of aliphatic hydroxyl groups is 2. The molecule has 1 unspecified atom stereocenters. The van der Waals surface area contributed by atoms with Gasteiger partial charge in [-0.15, -0.1) is 0 Å². The summed E-state index contributed by atoms with van der Waals surface area (Å²) in [6, 6.07) is 0. The Hall–Kier alpha value is -0.135. The molecule has 2 saturated heterocycles. The number of rotatable bonds is 2. The lowest BCUT2D eigenvalue weighted by Crippen LogP contribution is -2.36. The average molecular weight is 202 g/mol. The van der Waals surface area contributed by atoms with E-state index < -0.39 is 24.6 Å². The van der Waals surface area contributed by atoms with Crippen LogP contribution in [0.4, 0.5) is 0 Å². The van der Waals surface area contributed by atoms with Crippen LogP contribution in [0.1, 0.15) is 13.8 Å². The summed E-state index contributed by atoms with van der Waals surface area (Å²) in [5, 5.41) is 18.9. The highest BCUT2D eigenvalue weighted by Crippen LogP contribution is 2.33. The second kappa shape index (κ2) is 3.79. The zero-order chi connectivity index (χ0) is 10.3. The van der Waals surface area contributed by atoms with E-state index in [1.54, 1.807) is 6.92 Å². The molecule has 2 aliphatic rings. The molecule has 0 aromatic carbocycles. The van der Waals surface area contributed by atoms with E-state index >= 15 is 0 Å². The smallest absolute Gasteiger partial charge is 0.403 e. The first kappa shape index (κ1) is 10.4. The highest BCUT2D eigenvalue weighted by molar-refractivity contribution is 6.45. The van der Waals surface area contributed by atoms with Gasteiger partial charge in [0.05, 0.1) is 6.10 Å². The minimum Gasteiger partial charge on any atom is -0.403 e. The van der Waals surface area contributed by atoms with Gasteiger partial charge in [0.15, 0.2) is 6.29 Å². The molecule has 2 rings (SSSR count). The molecular weight excluding hydrogens is 187 g/mol. The Kier molecular flexibility index (Phi) is 2.81. The quantitative estimate of drug-likeness (QED) is 0.584. The van der Waals surface area contributed by atoms with Crippen molar-refractivity contribution < 1.29 is 24.3 Å². The maximum absolute atomic E-state index is 9.49. The summed E-state index contributed by atoms with van der Waals surface area (Å²) in [7, 11) is -0.287. The lowest BCUT2D eigenvalue weighted by atomic mass is 9.87. The Morgan fingerprint density at radius 1 is 1.36 bits per heavy atom. The van der Waals surface area contributed by atoms with E-state index in [2.05, 4.69) is 0 Å². The average Bonchev–Trinajstić information content (AvgIpc) is 2.66. The molecule has 0 aliphatic carbocycles. The normalized spacial score (nSPS) is 44.1. The molecule has 2 fully saturated rings. The van der Waals surface area contributed by atoms with Crippen molar-refractivity contribution in [3.05, 3.63) is 0 Å². The van der Waals surface area contributed by atoms with E-state index in [0.717, 1.165) is 6.32 Å². The first-order valence-corrected chi connectivity index (χ1v) is 4.96. The van der Waals surface area contributed by atoms with Crippen LogP contribution in [0.3, 0.4) is 0 Å². The molecule has 80 valence electrons. The molecule has 2 aliphatic heterocycles. The molecule has 0 aromatic rings. The Morgan fingerprint density at radius 3 is 2.57 bits per heavy atom. The third kappa shape index (κ3) is 1.57. The van der Waals surface area contributed by atoms with Crippen LogP contribution < -0.4 is 0 Å². The van der Waals surface area contributed by atoms with Gasteiger partial charge >= 0.3 is 7.12 Å². The number of fused-ring (bicyclic) bond motifs is 1. The van der Waals surface area contributed by atoms with Crippen LogP contribution in [-0.2, 0) is 14.0 Å². The fourth-order valence-corrected chi connectivity index (χ4v) is 1.93. The van der Waals surface area contributed by atoms with Crippen molar-refractivity contribution in [2.75, 3.05) is 0 Å². The minimum atomic E-state index is -0.990. The number of aliphatic hydroxyl groups excluding tert-OH is 2. The van der Waals surface area contributed by atoms with Gasteiger partial charge in [0, 0.05) is 0 Å². The standard InChI is InChI=1S/C8H15BO5/c1-3-9-13-6-5(4(2)10)12-8(11)7(6)14-9/h4-8,10-11H,3H2,1-2H3/t4?,5-,6+,7+,8+/m0/s1. The van der Waals surface area contributed by atoms with Crippen LogP contribution in [-0.4, -0.2) is 48.0 Å². The van der Waals surface area contributed by atoms with Crippen LogP contribution in [0, 0.1) is 0 Å². The SMILES string of the molecule is CCB1O[C@@H]2[C@H](O1)[C@H](C(C)O)O[C@H]2O. The van der Waals surface area contributed by atoms with Gasteiger partial charge in [-0.2, -0.15) is 0 Å². The second-order valence-electron chi connectivity index (χ2n) is 3.77. The maximum Gasteiger partial charge on any atom is 0.457 e. The number of hydrogen-bond donors (Lipinski definition) is 2. The minimum absolute atomic E-state index is 0.287. The van der Waals surface area contributed by atoms with E-state index in [1.165, 1.54) is 0 Å². The second-order valence-corrected chi connectivity index (χ2v) is 3.77. The largest absolute Gasteiger partial charge is 0.457 e. The molecule has 6 heteroatoms.